The molecule has 2 spiro atoms. The first-order valence-corrected chi connectivity index (χ1v) is 11.4. The molecule has 1 saturated heterocycles. The molecular formula is C24H25BrF2N2O. The van der Waals surface area contributed by atoms with Crippen molar-refractivity contribution in [1.82, 2.24) is 5.06 Å². The molecule has 0 saturated carbocycles. The maximum atomic E-state index is 14.5. The van der Waals surface area contributed by atoms with E-state index in [4.69, 9.17) is 10.2 Å². The Morgan fingerprint density at radius 2 is 1.93 bits per heavy atom. The van der Waals surface area contributed by atoms with E-state index in [1.54, 1.807) is 11.1 Å². The van der Waals surface area contributed by atoms with Gasteiger partial charge in [0.25, 0.3) is 0 Å². The van der Waals surface area contributed by atoms with Gasteiger partial charge >= 0.3 is 0 Å². The number of nitrogens with one attached hydrogen (secondary N) is 1. The fourth-order valence-electron chi connectivity index (χ4n) is 6.27. The van der Waals surface area contributed by atoms with Crippen LogP contribution in [0.4, 0.5) is 8.78 Å². The summed E-state index contributed by atoms with van der Waals surface area (Å²) >= 11 is 3.64. The summed E-state index contributed by atoms with van der Waals surface area (Å²) in [6.07, 6.45) is 4.23. The molecule has 2 aromatic carbocycles. The SMILES string of the molecule is CCC1CC(=N)N(C)OC12c1cc(Br)ccc1CC21CCc2c(ccc(F)c2F)C1. The Hall–Kier alpha value is -1.79. The Morgan fingerprint density at radius 3 is 2.70 bits per heavy atom. The van der Waals surface area contributed by atoms with Crippen LogP contribution in [-0.4, -0.2) is 17.9 Å². The lowest BCUT2D eigenvalue weighted by Gasteiger charge is -2.56. The molecule has 1 N–H and O–H groups in total. The highest BCUT2D eigenvalue weighted by atomic mass is 79.9. The molecule has 1 aliphatic heterocycles. The van der Waals surface area contributed by atoms with Crippen molar-refractivity contribution in [2.24, 2.45) is 11.3 Å². The smallest absolute Gasteiger partial charge is 0.162 e. The van der Waals surface area contributed by atoms with E-state index in [-0.39, 0.29) is 11.3 Å². The molecule has 1 heterocycles. The van der Waals surface area contributed by atoms with E-state index in [0.29, 0.717) is 30.7 Å². The molecule has 0 aromatic heterocycles. The maximum Gasteiger partial charge on any atom is 0.162 e. The van der Waals surface area contributed by atoms with Crippen molar-refractivity contribution in [2.45, 2.75) is 51.0 Å². The molecule has 0 bridgehead atoms. The van der Waals surface area contributed by atoms with E-state index >= 15 is 0 Å². The molecule has 30 heavy (non-hydrogen) atoms. The van der Waals surface area contributed by atoms with Gasteiger partial charge in [-0.25, -0.2) is 13.8 Å². The first-order valence-electron chi connectivity index (χ1n) is 10.6. The Balaban J connectivity index is 1.72. The van der Waals surface area contributed by atoms with Crippen LogP contribution in [0.5, 0.6) is 0 Å². The molecule has 3 atom stereocenters. The summed E-state index contributed by atoms with van der Waals surface area (Å²) in [6, 6.07) is 9.38. The third-order valence-electron chi connectivity index (χ3n) is 7.63. The standard InChI is InChI=1S/C24H25BrF2N2O/c1-3-16-10-21(28)29(2)30-24(16)19-11-17(25)6-4-15(19)13-23(24)9-8-18-14(12-23)5-7-20(26)22(18)27/h4-7,11,16,28H,3,8-10,12-13H2,1-2H3. The lowest BCUT2D eigenvalue weighted by atomic mass is 9.57. The van der Waals surface area contributed by atoms with E-state index in [9.17, 15) is 8.78 Å². The van der Waals surface area contributed by atoms with Gasteiger partial charge in [0.15, 0.2) is 11.6 Å². The van der Waals surface area contributed by atoms with Crippen LogP contribution in [0.1, 0.15) is 48.4 Å². The molecule has 0 radical (unpaired) electrons. The van der Waals surface area contributed by atoms with E-state index in [1.165, 1.54) is 17.2 Å². The van der Waals surface area contributed by atoms with Gasteiger partial charge in [-0.05, 0) is 72.6 Å². The minimum Gasteiger partial charge on any atom is -0.287 e. The van der Waals surface area contributed by atoms with Gasteiger partial charge in [-0.3, -0.25) is 10.2 Å². The first-order chi connectivity index (χ1) is 14.3. The molecular weight excluding hydrogens is 450 g/mol. The second-order valence-corrected chi connectivity index (χ2v) is 9.93. The monoisotopic (exact) mass is 474 g/mol. The van der Waals surface area contributed by atoms with Gasteiger partial charge in [-0.1, -0.05) is 35.0 Å². The molecule has 3 nitrogen and oxygen atoms in total. The Morgan fingerprint density at radius 1 is 1.20 bits per heavy atom. The number of benzene rings is 2. The zero-order chi connectivity index (χ0) is 21.3. The summed E-state index contributed by atoms with van der Waals surface area (Å²) in [6.45, 7) is 2.16. The van der Waals surface area contributed by atoms with Crippen molar-refractivity contribution in [1.29, 1.82) is 5.41 Å². The summed E-state index contributed by atoms with van der Waals surface area (Å²) < 4.78 is 29.4. The average Bonchev–Trinajstić information content (AvgIpc) is 2.97. The van der Waals surface area contributed by atoms with Crippen LogP contribution in [0.25, 0.3) is 0 Å². The zero-order valence-electron chi connectivity index (χ0n) is 17.2. The highest BCUT2D eigenvalue weighted by Crippen LogP contribution is 2.64. The molecule has 0 amide bonds. The van der Waals surface area contributed by atoms with Gasteiger partial charge in [-0.15, -0.1) is 0 Å². The second-order valence-electron chi connectivity index (χ2n) is 9.01. The number of fused-ring (bicyclic) bond motifs is 4. The fraction of sp³-hybridized carbons (Fsp3) is 0.458. The van der Waals surface area contributed by atoms with Gasteiger partial charge in [-0.2, -0.15) is 0 Å². The quantitative estimate of drug-likeness (QED) is 0.556. The molecule has 3 aliphatic rings. The van der Waals surface area contributed by atoms with Crippen LogP contribution in [-0.2, 0) is 29.7 Å². The molecule has 6 heteroatoms. The summed E-state index contributed by atoms with van der Waals surface area (Å²) in [4.78, 5) is 6.71. The Bertz CT molecular complexity index is 1060. The number of nitrogens with zero attached hydrogens (tertiary/aromatic N) is 1. The Labute approximate surface area is 184 Å². The molecule has 158 valence electrons. The lowest BCUT2D eigenvalue weighted by molar-refractivity contribution is -0.288. The molecule has 2 aliphatic carbocycles. The van der Waals surface area contributed by atoms with Crippen molar-refractivity contribution >= 4 is 21.8 Å². The van der Waals surface area contributed by atoms with Crippen LogP contribution < -0.4 is 0 Å². The second kappa shape index (κ2) is 6.86. The minimum absolute atomic E-state index is 0.142. The predicted molar refractivity (Wildman–Crippen MR) is 115 cm³/mol. The molecule has 5 rings (SSSR count). The number of amidine groups is 1. The van der Waals surface area contributed by atoms with Crippen molar-refractivity contribution < 1.29 is 13.6 Å². The summed E-state index contributed by atoms with van der Waals surface area (Å²) in [7, 11) is 1.81. The van der Waals surface area contributed by atoms with Crippen molar-refractivity contribution in [3.05, 3.63) is 68.7 Å². The van der Waals surface area contributed by atoms with Crippen LogP contribution in [0.3, 0.4) is 0 Å². The minimum atomic E-state index is -0.772. The summed E-state index contributed by atoms with van der Waals surface area (Å²) in [5, 5.41) is 9.99. The van der Waals surface area contributed by atoms with E-state index in [0.717, 1.165) is 29.3 Å². The van der Waals surface area contributed by atoms with Crippen LogP contribution in [0.2, 0.25) is 0 Å². The third-order valence-corrected chi connectivity index (χ3v) is 8.13. The molecule has 3 unspecified atom stereocenters. The van der Waals surface area contributed by atoms with E-state index < -0.39 is 17.2 Å². The van der Waals surface area contributed by atoms with Gasteiger partial charge in [0, 0.05) is 29.3 Å². The third kappa shape index (κ3) is 2.59. The number of hydrogen-bond donors (Lipinski definition) is 1. The van der Waals surface area contributed by atoms with Crippen molar-refractivity contribution in [3.63, 3.8) is 0 Å². The normalized spacial score (nSPS) is 30.1. The zero-order valence-corrected chi connectivity index (χ0v) is 18.8. The Kier molecular flexibility index (Phi) is 4.60. The van der Waals surface area contributed by atoms with Gasteiger partial charge in [0.1, 0.15) is 11.4 Å². The van der Waals surface area contributed by atoms with Gasteiger partial charge in [0.05, 0.1) is 0 Å². The van der Waals surface area contributed by atoms with E-state index in [1.807, 2.05) is 7.05 Å². The number of hydrogen-bond acceptors (Lipinski definition) is 2. The van der Waals surface area contributed by atoms with Crippen LogP contribution in [0, 0.1) is 28.4 Å². The summed E-state index contributed by atoms with van der Waals surface area (Å²) in [5.74, 6) is -0.851. The van der Waals surface area contributed by atoms with Crippen molar-refractivity contribution in [3.8, 4) is 0 Å². The van der Waals surface area contributed by atoms with Gasteiger partial charge in [0.2, 0.25) is 0 Å². The topological polar surface area (TPSA) is 36.3 Å². The average molecular weight is 475 g/mol. The summed E-state index contributed by atoms with van der Waals surface area (Å²) in [5.41, 5.74) is 2.97. The number of halogens is 3. The lowest BCUT2D eigenvalue weighted by Crippen LogP contribution is -2.59. The fourth-order valence-corrected chi connectivity index (χ4v) is 6.63. The highest BCUT2D eigenvalue weighted by molar-refractivity contribution is 9.10. The first kappa shape index (κ1) is 20.1. The largest absolute Gasteiger partial charge is 0.287 e. The van der Waals surface area contributed by atoms with Crippen LogP contribution >= 0.6 is 15.9 Å². The predicted octanol–water partition coefficient (Wildman–Crippen LogP) is 5.92. The van der Waals surface area contributed by atoms with E-state index in [2.05, 4.69) is 41.1 Å². The van der Waals surface area contributed by atoms with Crippen LogP contribution in [0.15, 0.2) is 34.8 Å². The molecule has 2 aromatic rings. The number of hydroxylamine groups is 2. The maximum absolute atomic E-state index is 14.5. The van der Waals surface area contributed by atoms with Gasteiger partial charge < -0.3 is 0 Å². The molecule has 1 fully saturated rings. The number of rotatable bonds is 1. The highest BCUT2D eigenvalue weighted by Gasteiger charge is 2.65. The van der Waals surface area contributed by atoms with Crippen molar-refractivity contribution in [2.75, 3.05) is 7.05 Å².